The number of hydrogen-bond acceptors (Lipinski definition) is 7. The standard InChI is InChI=1S/C18H22N6O2/c1-5-6-13-15-14(23-16(19)22-13)8-7-12(21-15)11-9-20-24(10-11)17(25)26-18(2,3)4/h7-10H,5-6H2,1-4H3,(H2,19,22,23). The van der Waals surface area contributed by atoms with Gasteiger partial charge in [-0.2, -0.15) is 9.78 Å². The second kappa shape index (κ2) is 6.70. The molecule has 0 fully saturated rings. The first-order chi connectivity index (χ1) is 12.3. The highest BCUT2D eigenvalue weighted by molar-refractivity contribution is 5.81. The molecule has 0 amide bonds. The van der Waals surface area contributed by atoms with Gasteiger partial charge in [0.25, 0.3) is 0 Å². The molecule has 0 aliphatic heterocycles. The Balaban J connectivity index is 1.97. The van der Waals surface area contributed by atoms with Gasteiger partial charge in [0.05, 0.1) is 23.1 Å². The lowest BCUT2D eigenvalue weighted by Gasteiger charge is -2.18. The molecule has 0 bridgehead atoms. The van der Waals surface area contributed by atoms with Crippen molar-refractivity contribution < 1.29 is 9.53 Å². The molecule has 0 aromatic carbocycles. The van der Waals surface area contributed by atoms with Gasteiger partial charge < -0.3 is 10.5 Å². The van der Waals surface area contributed by atoms with Gasteiger partial charge in [0.2, 0.25) is 5.95 Å². The van der Waals surface area contributed by atoms with Gasteiger partial charge in [-0.15, -0.1) is 0 Å². The third-order valence-electron chi connectivity index (χ3n) is 3.58. The summed E-state index contributed by atoms with van der Waals surface area (Å²) in [6, 6.07) is 3.67. The van der Waals surface area contributed by atoms with Crippen molar-refractivity contribution in [3.05, 3.63) is 30.2 Å². The van der Waals surface area contributed by atoms with Crippen molar-refractivity contribution in [1.29, 1.82) is 0 Å². The molecule has 0 spiro atoms. The number of nitrogens with two attached hydrogens (primary N) is 1. The van der Waals surface area contributed by atoms with E-state index in [-0.39, 0.29) is 5.95 Å². The van der Waals surface area contributed by atoms with Crippen LogP contribution in [0.2, 0.25) is 0 Å². The molecule has 3 rings (SSSR count). The lowest BCUT2D eigenvalue weighted by Crippen LogP contribution is -2.27. The van der Waals surface area contributed by atoms with Crippen LogP contribution in [0.3, 0.4) is 0 Å². The fraction of sp³-hybridized carbons (Fsp3) is 0.389. The lowest BCUT2D eigenvalue weighted by molar-refractivity contribution is 0.0514. The molecule has 26 heavy (non-hydrogen) atoms. The van der Waals surface area contributed by atoms with Gasteiger partial charge in [-0.25, -0.2) is 19.7 Å². The molecule has 0 aliphatic rings. The number of aromatic nitrogens is 5. The van der Waals surface area contributed by atoms with Gasteiger partial charge in [-0.1, -0.05) is 13.3 Å². The molecule has 3 aromatic heterocycles. The zero-order valence-electron chi connectivity index (χ0n) is 15.4. The Kier molecular flexibility index (Phi) is 4.58. The van der Waals surface area contributed by atoms with Crippen LogP contribution in [0.5, 0.6) is 0 Å². The van der Waals surface area contributed by atoms with E-state index < -0.39 is 11.7 Å². The maximum atomic E-state index is 12.1. The second-order valence-electron chi connectivity index (χ2n) is 7.00. The highest BCUT2D eigenvalue weighted by atomic mass is 16.6. The van der Waals surface area contributed by atoms with Crippen LogP contribution in [0, 0.1) is 0 Å². The van der Waals surface area contributed by atoms with Crippen molar-refractivity contribution >= 4 is 23.1 Å². The van der Waals surface area contributed by atoms with E-state index in [2.05, 4.69) is 27.0 Å². The third-order valence-corrected chi connectivity index (χ3v) is 3.58. The molecule has 0 aliphatic carbocycles. The highest BCUT2D eigenvalue weighted by Gasteiger charge is 2.19. The predicted molar refractivity (Wildman–Crippen MR) is 98.6 cm³/mol. The van der Waals surface area contributed by atoms with Crippen molar-refractivity contribution in [1.82, 2.24) is 24.7 Å². The summed E-state index contributed by atoms with van der Waals surface area (Å²) in [5.41, 5.74) is 8.80. The Bertz CT molecular complexity index is 958. The normalized spacial score (nSPS) is 11.7. The van der Waals surface area contributed by atoms with Gasteiger partial charge in [0, 0.05) is 11.8 Å². The van der Waals surface area contributed by atoms with Gasteiger partial charge in [-0.05, 0) is 39.3 Å². The summed E-state index contributed by atoms with van der Waals surface area (Å²) in [6.45, 7) is 7.49. The number of ether oxygens (including phenoxy) is 1. The zero-order chi connectivity index (χ0) is 18.9. The first-order valence-electron chi connectivity index (χ1n) is 8.48. The summed E-state index contributed by atoms with van der Waals surface area (Å²) in [7, 11) is 0. The van der Waals surface area contributed by atoms with Crippen LogP contribution in [0.15, 0.2) is 24.5 Å². The number of aryl methyl sites for hydroxylation is 1. The van der Waals surface area contributed by atoms with Crippen LogP contribution >= 0.6 is 0 Å². The Labute approximate surface area is 151 Å². The largest absolute Gasteiger partial charge is 0.442 e. The average molecular weight is 354 g/mol. The molecular weight excluding hydrogens is 332 g/mol. The fourth-order valence-corrected chi connectivity index (χ4v) is 2.53. The van der Waals surface area contributed by atoms with Crippen LogP contribution < -0.4 is 5.73 Å². The van der Waals surface area contributed by atoms with Crippen LogP contribution in [-0.2, 0) is 11.2 Å². The molecule has 0 unspecified atom stereocenters. The van der Waals surface area contributed by atoms with Gasteiger partial charge in [0.1, 0.15) is 11.1 Å². The minimum Gasteiger partial charge on any atom is -0.442 e. The van der Waals surface area contributed by atoms with Crippen LogP contribution in [-0.4, -0.2) is 36.4 Å². The van der Waals surface area contributed by atoms with E-state index in [0.29, 0.717) is 22.3 Å². The minimum absolute atomic E-state index is 0.244. The number of pyridine rings is 1. The van der Waals surface area contributed by atoms with Crippen LogP contribution in [0.1, 0.15) is 39.8 Å². The quantitative estimate of drug-likeness (QED) is 0.769. The maximum Gasteiger partial charge on any atom is 0.435 e. The van der Waals surface area contributed by atoms with Crippen molar-refractivity contribution in [2.75, 3.05) is 5.73 Å². The Hall–Kier alpha value is -3.03. The molecule has 0 saturated carbocycles. The molecule has 8 nitrogen and oxygen atoms in total. The molecule has 0 saturated heterocycles. The lowest BCUT2D eigenvalue weighted by atomic mass is 10.1. The Morgan fingerprint density at radius 2 is 2.00 bits per heavy atom. The molecule has 3 heterocycles. The molecule has 0 atom stereocenters. The number of anilines is 1. The number of fused-ring (bicyclic) bond motifs is 1. The maximum absolute atomic E-state index is 12.1. The number of carbonyl (C=O) groups is 1. The van der Waals surface area contributed by atoms with E-state index >= 15 is 0 Å². The van der Waals surface area contributed by atoms with E-state index in [1.54, 1.807) is 33.2 Å². The predicted octanol–water partition coefficient (Wildman–Crippen LogP) is 3.21. The van der Waals surface area contributed by atoms with E-state index in [1.165, 1.54) is 4.68 Å². The van der Waals surface area contributed by atoms with Crippen LogP contribution in [0.25, 0.3) is 22.3 Å². The average Bonchev–Trinajstić information content (AvgIpc) is 3.03. The SMILES string of the molecule is CCCc1nc(N)nc2ccc(-c3cnn(C(=O)OC(C)(C)C)c3)nc12. The minimum atomic E-state index is -0.587. The summed E-state index contributed by atoms with van der Waals surface area (Å²) in [4.78, 5) is 25.3. The van der Waals surface area contributed by atoms with Crippen molar-refractivity contribution in [3.63, 3.8) is 0 Å². The summed E-state index contributed by atoms with van der Waals surface area (Å²) in [5.74, 6) is 0.244. The number of nitrogens with zero attached hydrogens (tertiary/aromatic N) is 5. The van der Waals surface area contributed by atoms with Gasteiger partial charge in [-0.3, -0.25) is 0 Å². The number of rotatable bonds is 3. The third kappa shape index (κ3) is 3.79. The summed E-state index contributed by atoms with van der Waals surface area (Å²) >= 11 is 0. The monoisotopic (exact) mass is 354 g/mol. The number of hydrogen-bond donors (Lipinski definition) is 1. The first-order valence-corrected chi connectivity index (χ1v) is 8.48. The first kappa shape index (κ1) is 17.8. The topological polar surface area (TPSA) is 109 Å². The van der Waals surface area contributed by atoms with Gasteiger partial charge >= 0.3 is 6.09 Å². The van der Waals surface area contributed by atoms with E-state index in [1.807, 2.05) is 12.1 Å². The summed E-state index contributed by atoms with van der Waals surface area (Å²) in [6.07, 6.45) is 4.33. The molecule has 2 N–H and O–H groups in total. The summed E-state index contributed by atoms with van der Waals surface area (Å²) < 4.78 is 6.48. The summed E-state index contributed by atoms with van der Waals surface area (Å²) in [5, 5.41) is 4.08. The van der Waals surface area contributed by atoms with E-state index in [0.717, 1.165) is 18.5 Å². The Morgan fingerprint density at radius 3 is 2.69 bits per heavy atom. The zero-order valence-corrected chi connectivity index (χ0v) is 15.4. The molecule has 3 aromatic rings. The van der Waals surface area contributed by atoms with Crippen molar-refractivity contribution in [2.45, 2.75) is 46.1 Å². The fourth-order valence-electron chi connectivity index (χ4n) is 2.53. The van der Waals surface area contributed by atoms with Crippen molar-refractivity contribution in [3.8, 4) is 11.3 Å². The number of nitrogen functional groups attached to an aromatic ring is 1. The van der Waals surface area contributed by atoms with E-state index in [9.17, 15) is 4.79 Å². The Morgan fingerprint density at radius 1 is 1.23 bits per heavy atom. The highest BCUT2D eigenvalue weighted by Crippen LogP contribution is 2.23. The smallest absolute Gasteiger partial charge is 0.435 e. The molecule has 0 radical (unpaired) electrons. The van der Waals surface area contributed by atoms with Gasteiger partial charge in [0.15, 0.2) is 0 Å². The molecule has 136 valence electrons. The van der Waals surface area contributed by atoms with Crippen molar-refractivity contribution in [2.24, 2.45) is 0 Å². The molecular formula is C18H22N6O2. The number of carbonyl (C=O) groups excluding carboxylic acids is 1. The van der Waals surface area contributed by atoms with Crippen LogP contribution in [0.4, 0.5) is 10.7 Å². The molecule has 8 heteroatoms. The second-order valence-corrected chi connectivity index (χ2v) is 7.00. The van der Waals surface area contributed by atoms with E-state index in [4.69, 9.17) is 10.5 Å².